The Bertz CT molecular complexity index is 1190. The largest absolute Gasteiger partial charge is 0.355 e. The zero-order valence-corrected chi connectivity index (χ0v) is 14.3. The summed E-state index contributed by atoms with van der Waals surface area (Å²) in [6, 6.07) is 29.5. The molecule has 2 nitrogen and oxygen atoms in total. The summed E-state index contributed by atoms with van der Waals surface area (Å²) < 4.78 is 0. The molecule has 124 valence electrons. The summed E-state index contributed by atoms with van der Waals surface area (Å²) in [7, 11) is 0. The second-order valence-electron chi connectivity index (χ2n) is 6.60. The van der Waals surface area contributed by atoms with Gasteiger partial charge in [-0.15, -0.1) is 0 Å². The number of para-hydroxylation sites is 2. The first-order valence-corrected chi connectivity index (χ1v) is 8.73. The Morgan fingerprint density at radius 2 is 1.35 bits per heavy atom. The Morgan fingerprint density at radius 3 is 2.08 bits per heavy atom. The van der Waals surface area contributed by atoms with Crippen LogP contribution in [0.1, 0.15) is 11.3 Å². The van der Waals surface area contributed by atoms with Crippen molar-refractivity contribution in [1.82, 2.24) is 9.97 Å². The predicted molar refractivity (Wildman–Crippen MR) is 110 cm³/mol. The number of aromatic nitrogens is 2. The lowest BCUT2D eigenvalue weighted by molar-refractivity contribution is 1.39. The summed E-state index contributed by atoms with van der Waals surface area (Å²) in [6.45, 7) is 4.33. The molecule has 0 aliphatic rings. The summed E-state index contributed by atoms with van der Waals surface area (Å²) in [4.78, 5) is 6.97. The van der Waals surface area contributed by atoms with Gasteiger partial charge in [-0.3, -0.25) is 0 Å². The lowest BCUT2D eigenvalue weighted by Crippen LogP contribution is -1.87. The standard InChI is InChI=1S/C24H18N2/c1-16(23-14-19-7-2-4-11-21(19)25-23)17-9-6-10-18(13-17)24-15-20-8-3-5-12-22(20)26-24/h2-15,25-26H,1H2. The molecule has 2 N–H and O–H groups in total. The number of hydrogen-bond donors (Lipinski definition) is 2. The maximum atomic E-state index is 4.33. The summed E-state index contributed by atoms with van der Waals surface area (Å²) in [6.07, 6.45) is 0. The highest BCUT2D eigenvalue weighted by atomic mass is 14.7. The van der Waals surface area contributed by atoms with Gasteiger partial charge in [-0.25, -0.2) is 0 Å². The normalized spacial score (nSPS) is 11.2. The highest BCUT2D eigenvalue weighted by Crippen LogP contribution is 2.29. The fourth-order valence-electron chi connectivity index (χ4n) is 3.49. The Hall–Kier alpha value is -3.52. The molecule has 2 heteroatoms. The molecule has 0 aliphatic carbocycles. The van der Waals surface area contributed by atoms with Crippen LogP contribution in [-0.4, -0.2) is 9.97 Å². The van der Waals surface area contributed by atoms with Gasteiger partial charge in [0, 0.05) is 33.2 Å². The maximum absolute atomic E-state index is 4.33. The second-order valence-corrected chi connectivity index (χ2v) is 6.60. The number of fused-ring (bicyclic) bond motifs is 2. The second kappa shape index (κ2) is 5.78. The molecule has 0 spiro atoms. The Balaban J connectivity index is 1.55. The third-order valence-corrected chi connectivity index (χ3v) is 4.91. The van der Waals surface area contributed by atoms with Crippen molar-refractivity contribution in [3.05, 3.63) is 103 Å². The summed E-state index contributed by atoms with van der Waals surface area (Å²) in [5, 5.41) is 2.43. The molecule has 0 saturated heterocycles. The van der Waals surface area contributed by atoms with E-state index in [-0.39, 0.29) is 0 Å². The minimum Gasteiger partial charge on any atom is -0.355 e. The van der Waals surface area contributed by atoms with Crippen LogP contribution < -0.4 is 0 Å². The van der Waals surface area contributed by atoms with E-state index in [0.29, 0.717) is 0 Å². The molecule has 5 aromatic rings. The minimum absolute atomic E-state index is 0.999. The van der Waals surface area contributed by atoms with Crippen LogP contribution >= 0.6 is 0 Å². The van der Waals surface area contributed by atoms with E-state index < -0.39 is 0 Å². The molecule has 2 aromatic heterocycles. The van der Waals surface area contributed by atoms with Crippen molar-refractivity contribution in [2.75, 3.05) is 0 Å². The molecule has 2 heterocycles. The fraction of sp³-hybridized carbons (Fsp3) is 0. The van der Waals surface area contributed by atoms with E-state index in [4.69, 9.17) is 0 Å². The van der Waals surface area contributed by atoms with Gasteiger partial charge in [0.1, 0.15) is 0 Å². The van der Waals surface area contributed by atoms with Crippen molar-refractivity contribution in [3.63, 3.8) is 0 Å². The minimum atomic E-state index is 0.999. The van der Waals surface area contributed by atoms with Crippen molar-refractivity contribution in [3.8, 4) is 11.3 Å². The summed E-state index contributed by atoms with van der Waals surface area (Å²) >= 11 is 0. The first-order valence-electron chi connectivity index (χ1n) is 8.73. The first-order chi connectivity index (χ1) is 12.8. The molecule has 0 unspecified atom stereocenters. The fourth-order valence-corrected chi connectivity index (χ4v) is 3.49. The van der Waals surface area contributed by atoms with Gasteiger partial charge < -0.3 is 9.97 Å². The molecular weight excluding hydrogens is 316 g/mol. The molecule has 0 amide bonds. The molecule has 5 rings (SSSR count). The zero-order chi connectivity index (χ0) is 17.5. The zero-order valence-electron chi connectivity index (χ0n) is 14.3. The van der Waals surface area contributed by atoms with Crippen LogP contribution in [0.5, 0.6) is 0 Å². The van der Waals surface area contributed by atoms with Gasteiger partial charge in [-0.1, -0.05) is 61.2 Å². The number of aromatic amines is 2. The van der Waals surface area contributed by atoms with E-state index in [9.17, 15) is 0 Å². The van der Waals surface area contributed by atoms with E-state index in [2.05, 4.69) is 95.4 Å². The maximum Gasteiger partial charge on any atom is 0.0464 e. The molecule has 0 saturated carbocycles. The number of hydrogen-bond acceptors (Lipinski definition) is 0. The highest BCUT2D eigenvalue weighted by Gasteiger charge is 2.09. The molecule has 0 aliphatic heterocycles. The molecule has 0 atom stereocenters. The SMILES string of the molecule is C=C(c1cccc(-c2cc3ccccc3[nH]2)c1)c1cc2ccccc2[nH]1. The van der Waals surface area contributed by atoms with Gasteiger partial charge in [0.15, 0.2) is 0 Å². The lowest BCUT2D eigenvalue weighted by Gasteiger charge is -2.06. The van der Waals surface area contributed by atoms with E-state index >= 15 is 0 Å². The van der Waals surface area contributed by atoms with Gasteiger partial charge in [-0.05, 0) is 47.0 Å². The topological polar surface area (TPSA) is 31.6 Å². The van der Waals surface area contributed by atoms with Crippen LogP contribution in [0.3, 0.4) is 0 Å². The van der Waals surface area contributed by atoms with Crippen molar-refractivity contribution < 1.29 is 0 Å². The molecule has 26 heavy (non-hydrogen) atoms. The first kappa shape index (κ1) is 14.8. The number of rotatable bonds is 3. The third-order valence-electron chi connectivity index (χ3n) is 4.91. The van der Waals surface area contributed by atoms with Crippen molar-refractivity contribution >= 4 is 27.4 Å². The molecule has 0 bridgehead atoms. The predicted octanol–water partition coefficient (Wildman–Crippen LogP) is 6.38. The van der Waals surface area contributed by atoms with E-state index in [0.717, 1.165) is 39.1 Å². The molecule has 0 radical (unpaired) electrons. The van der Waals surface area contributed by atoms with Gasteiger partial charge in [0.2, 0.25) is 0 Å². The van der Waals surface area contributed by atoms with Gasteiger partial charge in [-0.2, -0.15) is 0 Å². The lowest BCUT2D eigenvalue weighted by atomic mass is 10.0. The van der Waals surface area contributed by atoms with Gasteiger partial charge in [0.25, 0.3) is 0 Å². The molecule has 3 aromatic carbocycles. The highest BCUT2D eigenvalue weighted by molar-refractivity contribution is 5.89. The Kier molecular flexibility index (Phi) is 3.29. The average molecular weight is 334 g/mol. The van der Waals surface area contributed by atoms with Crippen LogP contribution in [0.2, 0.25) is 0 Å². The summed E-state index contributed by atoms with van der Waals surface area (Å²) in [5.41, 5.74) is 7.75. The van der Waals surface area contributed by atoms with Crippen LogP contribution in [0, 0.1) is 0 Å². The number of benzene rings is 3. The summed E-state index contributed by atoms with van der Waals surface area (Å²) in [5.74, 6) is 0. The Morgan fingerprint density at radius 1 is 0.654 bits per heavy atom. The van der Waals surface area contributed by atoms with E-state index in [1.54, 1.807) is 0 Å². The molecular formula is C24H18N2. The quantitative estimate of drug-likeness (QED) is 0.384. The monoisotopic (exact) mass is 334 g/mol. The van der Waals surface area contributed by atoms with Crippen molar-refractivity contribution in [2.24, 2.45) is 0 Å². The van der Waals surface area contributed by atoms with Crippen LogP contribution in [0.4, 0.5) is 0 Å². The molecule has 0 fully saturated rings. The van der Waals surface area contributed by atoms with Crippen LogP contribution in [0.15, 0.2) is 91.5 Å². The van der Waals surface area contributed by atoms with E-state index in [1.807, 2.05) is 6.07 Å². The smallest absolute Gasteiger partial charge is 0.0464 e. The van der Waals surface area contributed by atoms with Crippen molar-refractivity contribution in [1.29, 1.82) is 0 Å². The number of H-pyrrole nitrogens is 2. The number of nitrogens with one attached hydrogen (secondary N) is 2. The van der Waals surface area contributed by atoms with Gasteiger partial charge >= 0.3 is 0 Å². The average Bonchev–Trinajstić information content (AvgIpc) is 3.31. The van der Waals surface area contributed by atoms with Gasteiger partial charge in [0.05, 0.1) is 0 Å². The van der Waals surface area contributed by atoms with Crippen LogP contribution in [0.25, 0.3) is 38.6 Å². The van der Waals surface area contributed by atoms with Crippen LogP contribution in [-0.2, 0) is 0 Å². The Labute approximate surface area is 151 Å². The van der Waals surface area contributed by atoms with E-state index in [1.165, 1.54) is 10.8 Å². The third kappa shape index (κ3) is 2.44. The van der Waals surface area contributed by atoms with Crippen molar-refractivity contribution in [2.45, 2.75) is 0 Å².